The molecule has 3 amide bonds. The molecule has 3 atom stereocenters. The average molecular weight is 283 g/mol. The van der Waals surface area contributed by atoms with Crippen LogP contribution in [0.1, 0.15) is 26.7 Å². The predicted octanol–water partition coefficient (Wildman–Crippen LogP) is 0.171. The van der Waals surface area contributed by atoms with Crippen molar-refractivity contribution in [3.8, 4) is 0 Å². The van der Waals surface area contributed by atoms with Gasteiger partial charge < -0.3 is 10.4 Å². The van der Waals surface area contributed by atoms with Gasteiger partial charge in [0.15, 0.2) is 0 Å². The summed E-state index contributed by atoms with van der Waals surface area (Å²) < 4.78 is 0. The molecule has 1 saturated carbocycles. The first-order chi connectivity index (χ1) is 9.45. The highest BCUT2D eigenvalue weighted by atomic mass is 16.3. The first-order valence-corrected chi connectivity index (χ1v) is 7.43. The minimum atomic E-state index is -0.428. The number of nitrogens with one attached hydrogen (secondary N) is 2. The third-order valence-corrected chi connectivity index (χ3v) is 4.19. The molecule has 0 aromatic rings. The zero-order valence-corrected chi connectivity index (χ0v) is 12.3. The van der Waals surface area contributed by atoms with E-state index in [4.69, 9.17) is 0 Å². The van der Waals surface area contributed by atoms with Crippen LogP contribution in [0.15, 0.2) is 0 Å². The van der Waals surface area contributed by atoms with Crippen LogP contribution in [0.5, 0.6) is 0 Å². The number of likely N-dealkylation sites (tertiary alicyclic amines) is 1. The Morgan fingerprint density at radius 3 is 2.70 bits per heavy atom. The molecule has 1 heterocycles. The SMILES string of the molecule is CC(C)CNC(=O)NC(=O)CN1CC2CCC(O)C2C1. The number of carbonyl (C=O) groups is 2. The Balaban J connectivity index is 1.69. The summed E-state index contributed by atoms with van der Waals surface area (Å²) in [6.45, 7) is 6.39. The van der Waals surface area contributed by atoms with Crippen molar-refractivity contribution in [3.63, 3.8) is 0 Å². The zero-order valence-electron chi connectivity index (χ0n) is 12.3. The minimum absolute atomic E-state index is 0.220. The molecule has 0 aromatic carbocycles. The van der Waals surface area contributed by atoms with Crippen LogP contribution in [0.25, 0.3) is 0 Å². The van der Waals surface area contributed by atoms with Crippen LogP contribution in [0.4, 0.5) is 4.79 Å². The van der Waals surface area contributed by atoms with Gasteiger partial charge in [0.2, 0.25) is 5.91 Å². The molecule has 0 radical (unpaired) electrons. The molecule has 1 aliphatic carbocycles. The fourth-order valence-corrected chi connectivity index (χ4v) is 3.17. The van der Waals surface area contributed by atoms with Crippen LogP contribution < -0.4 is 10.6 Å². The Bertz CT molecular complexity index is 373. The molecule has 0 aromatic heterocycles. The average Bonchev–Trinajstić information content (AvgIpc) is 2.89. The number of urea groups is 1. The number of hydrogen-bond donors (Lipinski definition) is 3. The van der Waals surface area contributed by atoms with Crippen molar-refractivity contribution in [3.05, 3.63) is 0 Å². The second-order valence-corrected chi connectivity index (χ2v) is 6.41. The Morgan fingerprint density at radius 1 is 1.30 bits per heavy atom. The Kier molecular flexibility index (Phi) is 4.99. The summed E-state index contributed by atoms with van der Waals surface area (Å²) in [5.74, 6) is 0.890. The molecule has 2 aliphatic rings. The molecule has 114 valence electrons. The van der Waals surface area contributed by atoms with Gasteiger partial charge in [-0.15, -0.1) is 0 Å². The van der Waals surface area contributed by atoms with Gasteiger partial charge in [-0.3, -0.25) is 15.0 Å². The second-order valence-electron chi connectivity index (χ2n) is 6.41. The van der Waals surface area contributed by atoms with Crippen molar-refractivity contribution in [1.82, 2.24) is 15.5 Å². The lowest BCUT2D eigenvalue weighted by molar-refractivity contribution is -0.121. The van der Waals surface area contributed by atoms with E-state index in [1.807, 2.05) is 18.7 Å². The molecule has 6 heteroatoms. The van der Waals surface area contributed by atoms with E-state index in [0.29, 0.717) is 24.3 Å². The number of fused-ring (bicyclic) bond motifs is 1. The second kappa shape index (κ2) is 6.54. The molecule has 1 aliphatic heterocycles. The smallest absolute Gasteiger partial charge is 0.321 e. The largest absolute Gasteiger partial charge is 0.393 e. The van der Waals surface area contributed by atoms with Crippen molar-refractivity contribution in [1.29, 1.82) is 0 Å². The number of nitrogens with zero attached hydrogens (tertiary/aromatic N) is 1. The lowest BCUT2D eigenvalue weighted by Gasteiger charge is -2.17. The van der Waals surface area contributed by atoms with E-state index in [1.165, 1.54) is 0 Å². The fraction of sp³-hybridized carbons (Fsp3) is 0.857. The summed E-state index contributed by atoms with van der Waals surface area (Å²) in [6.07, 6.45) is 1.70. The van der Waals surface area contributed by atoms with Crippen LogP contribution in [-0.2, 0) is 4.79 Å². The highest BCUT2D eigenvalue weighted by Crippen LogP contribution is 2.37. The zero-order chi connectivity index (χ0) is 14.7. The lowest BCUT2D eigenvalue weighted by atomic mass is 10.00. The maximum atomic E-state index is 11.8. The standard InChI is InChI=1S/C14H25N3O3/c1-9(2)5-15-14(20)16-13(19)8-17-6-10-3-4-12(18)11(10)7-17/h9-12,18H,3-8H2,1-2H3,(H2,15,16,19,20). The fourth-order valence-electron chi connectivity index (χ4n) is 3.17. The van der Waals surface area contributed by atoms with Gasteiger partial charge in [-0.05, 0) is 24.7 Å². The van der Waals surface area contributed by atoms with Gasteiger partial charge in [-0.2, -0.15) is 0 Å². The number of rotatable bonds is 4. The molecular weight excluding hydrogens is 258 g/mol. The van der Waals surface area contributed by atoms with E-state index >= 15 is 0 Å². The molecule has 6 nitrogen and oxygen atoms in total. The predicted molar refractivity (Wildman–Crippen MR) is 75.0 cm³/mol. The number of aliphatic hydroxyl groups excluding tert-OH is 1. The quantitative estimate of drug-likeness (QED) is 0.687. The van der Waals surface area contributed by atoms with Crippen molar-refractivity contribution in [2.45, 2.75) is 32.8 Å². The Hall–Kier alpha value is -1.14. The summed E-state index contributed by atoms with van der Waals surface area (Å²) in [5.41, 5.74) is 0. The molecule has 3 unspecified atom stereocenters. The first kappa shape index (κ1) is 15.3. The lowest BCUT2D eigenvalue weighted by Crippen LogP contribution is -2.45. The van der Waals surface area contributed by atoms with Crippen LogP contribution >= 0.6 is 0 Å². The van der Waals surface area contributed by atoms with Crippen molar-refractivity contribution in [2.24, 2.45) is 17.8 Å². The van der Waals surface area contributed by atoms with Crippen LogP contribution in [0.3, 0.4) is 0 Å². The van der Waals surface area contributed by atoms with Gasteiger partial charge >= 0.3 is 6.03 Å². The number of hydrogen-bond acceptors (Lipinski definition) is 4. The maximum absolute atomic E-state index is 11.8. The summed E-state index contributed by atoms with van der Waals surface area (Å²) in [4.78, 5) is 25.3. The molecule has 20 heavy (non-hydrogen) atoms. The van der Waals surface area contributed by atoms with E-state index in [2.05, 4.69) is 10.6 Å². The third-order valence-electron chi connectivity index (χ3n) is 4.19. The molecule has 0 bridgehead atoms. The number of imide groups is 1. The number of aliphatic hydroxyl groups is 1. The highest BCUT2D eigenvalue weighted by molar-refractivity contribution is 5.95. The molecule has 3 N–H and O–H groups in total. The minimum Gasteiger partial charge on any atom is -0.393 e. The van der Waals surface area contributed by atoms with Crippen molar-refractivity contribution in [2.75, 3.05) is 26.2 Å². The third kappa shape index (κ3) is 3.93. The summed E-state index contributed by atoms with van der Waals surface area (Å²) in [7, 11) is 0. The molecule has 1 saturated heterocycles. The van der Waals surface area contributed by atoms with Crippen LogP contribution in [0.2, 0.25) is 0 Å². The van der Waals surface area contributed by atoms with Gasteiger partial charge in [-0.1, -0.05) is 13.8 Å². The van der Waals surface area contributed by atoms with Crippen molar-refractivity contribution < 1.29 is 14.7 Å². The van der Waals surface area contributed by atoms with Gasteiger partial charge in [0.1, 0.15) is 0 Å². The first-order valence-electron chi connectivity index (χ1n) is 7.43. The van der Waals surface area contributed by atoms with E-state index in [9.17, 15) is 14.7 Å². The molecule has 0 spiro atoms. The van der Waals surface area contributed by atoms with Crippen LogP contribution in [0, 0.1) is 17.8 Å². The Morgan fingerprint density at radius 2 is 2.05 bits per heavy atom. The van der Waals surface area contributed by atoms with Gasteiger partial charge in [0.25, 0.3) is 0 Å². The van der Waals surface area contributed by atoms with E-state index in [-0.39, 0.29) is 18.6 Å². The van der Waals surface area contributed by atoms with Gasteiger partial charge in [0, 0.05) is 25.6 Å². The number of amides is 3. The summed E-state index contributed by atoms with van der Waals surface area (Å²) in [6, 6.07) is -0.428. The maximum Gasteiger partial charge on any atom is 0.321 e. The van der Waals surface area contributed by atoms with Crippen molar-refractivity contribution >= 4 is 11.9 Å². The molecular formula is C14H25N3O3. The topological polar surface area (TPSA) is 81.7 Å². The normalized spacial score (nSPS) is 29.5. The highest BCUT2D eigenvalue weighted by Gasteiger charge is 2.42. The molecule has 2 rings (SSSR count). The van der Waals surface area contributed by atoms with E-state index < -0.39 is 6.03 Å². The summed E-state index contributed by atoms with van der Waals surface area (Å²) >= 11 is 0. The van der Waals surface area contributed by atoms with Gasteiger partial charge in [0.05, 0.1) is 12.6 Å². The molecule has 2 fully saturated rings. The van der Waals surface area contributed by atoms with Crippen LogP contribution in [-0.4, -0.2) is 54.2 Å². The number of carbonyl (C=O) groups excluding carboxylic acids is 2. The van der Waals surface area contributed by atoms with E-state index in [1.54, 1.807) is 0 Å². The van der Waals surface area contributed by atoms with E-state index in [0.717, 1.165) is 25.9 Å². The monoisotopic (exact) mass is 283 g/mol. The Labute approximate surface area is 119 Å². The van der Waals surface area contributed by atoms with Gasteiger partial charge in [-0.25, -0.2) is 4.79 Å². The summed E-state index contributed by atoms with van der Waals surface area (Å²) in [5, 5.41) is 14.8.